The van der Waals surface area contributed by atoms with Crippen molar-refractivity contribution < 1.29 is 28.5 Å². The molecule has 216 valence electrons. The van der Waals surface area contributed by atoms with Gasteiger partial charge in [-0.1, -0.05) is 0 Å². The zero-order chi connectivity index (χ0) is 28.6. The highest BCUT2D eigenvalue weighted by Crippen LogP contribution is 2.26. The number of nitrogens with zero attached hydrogens (tertiary/aromatic N) is 2. The molecule has 2 heterocycles. The van der Waals surface area contributed by atoms with Crippen LogP contribution in [-0.4, -0.2) is 67.3 Å². The van der Waals surface area contributed by atoms with Gasteiger partial charge in [0.25, 0.3) is 11.8 Å². The number of benzene rings is 2. The lowest BCUT2D eigenvalue weighted by Gasteiger charge is -2.32. The lowest BCUT2D eigenvalue weighted by Crippen LogP contribution is -2.42. The zero-order valence-corrected chi connectivity index (χ0v) is 23.6. The van der Waals surface area contributed by atoms with Crippen molar-refractivity contribution in [2.75, 3.05) is 27.3 Å². The van der Waals surface area contributed by atoms with Gasteiger partial charge in [-0.15, -0.1) is 0 Å². The summed E-state index contributed by atoms with van der Waals surface area (Å²) in [6, 6.07) is 18.5. The van der Waals surface area contributed by atoms with E-state index < -0.39 is 0 Å². The monoisotopic (exact) mass is 559 g/mol. The minimum absolute atomic E-state index is 0.0562. The second-order valence-corrected chi connectivity index (χ2v) is 10.5. The summed E-state index contributed by atoms with van der Waals surface area (Å²) in [5, 5.41) is 3.09. The number of aromatic nitrogens is 1. The highest BCUT2D eigenvalue weighted by Gasteiger charge is 2.26. The molecular weight excluding hydrogens is 522 g/mol. The van der Waals surface area contributed by atoms with Gasteiger partial charge in [-0.05, 0) is 86.3 Å². The highest BCUT2D eigenvalue weighted by molar-refractivity contribution is 5.96. The maximum absolute atomic E-state index is 13.0. The predicted octanol–water partition coefficient (Wildman–Crippen LogP) is 4.90. The van der Waals surface area contributed by atoms with E-state index in [4.69, 9.17) is 18.9 Å². The number of piperidine rings is 1. The van der Waals surface area contributed by atoms with Gasteiger partial charge in [0, 0.05) is 38.2 Å². The SMILES string of the molecule is COc1ccc(OC2CCC(NC(=O)c3ccc(C(=O)N4CCC(Oc5ccc(OC)cc5)CC4)cn3)CC2)cc1. The Morgan fingerprint density at radius 3 is 1.71 bits per heavy atom. The van der Waals surface area contributed by atoms with Crippen LogP contribution in [0.5, 0.6) is 23.0 Å². The summed E-state index contributed by atoms with van der Waals surface area (Å²) in [4.78, 5) is 32.0. The molecule has 3 aromatic rings. The van der Waals surface area contributed by atoms with Crippen molar-refractivity contribution in [1.29, 1.82) is 0 Å². The topological polar surface area (TPSA) is 99.2 Å². The summed E-state index contributed by atoms with van der Waals surface area (Å²) in [6.45, 7) is 1.21. The van der Waals surface area contributed by atoms with Gasteiger partial charge < -0.3 is 29.2 Å². The van der Waals surface area contributed by atoms with Crippen LogP contribution in [0, 0.1) is 0 Å². The Hall–Kier alpha value is -4.27. The number of carbonyl (C=O) groups excluding carboxylic acids is 2. The molecule has 1 saturated heterocycles. The first-order valence-corrected chi connectivity index (χ1v) is 14.2. The van der Waals surface area contributed by atoms with Crippen LogP contribution < -0.4 is 24.3 Å². The van der Waals surface area contributed by atoms with Crippen molar-refractivity contribution in [3.63, 3.8) is 0 Å². The van der Waals surface area contributed by atoms with Gasteiger partial charge in [-0.2, -0.15) is 0 Å². The van der Waals surface area contributed by atoms with E-state index in [2.05, 4.69) is 10.3 Å². The molecule has 1 aliphatic carbocycles. The Kier molecular flexibility index (Phi) is 9.23. The second kappa shape index (κ2) is 13.4. The van der Waals surface area contributed by atoms with Crippen LogP contribution in [-0.2, 0) is 0 Å². The molecule has 41 heavy (non-hydrogen) atoms. The van der Waals surface area contributed by atoms with Crippen LogP contribution in [0.3, 0.4) is 0 Å². The molecule has 9 heteroatoms. The van der Waals surface area contributed by atoms with E-state index in [1.807, 2.05) is 53.4 Å². The number of hydrogen-bond donors (Lipinski definition) is 1. The number of likely N-dealkylation sites (tertiary alicyclic amines) is 1. The number of ether oxygens (including phenoxy) is 4. The molecule has 1 aliphatic heterocycles. The second-order valence-electron chi connectivity index (χ2n) is 10.5. The number of hydrogen-bond acceptors (Lipinski definition) is 7. The van der Waals surface area contributed by atoms with Crippen molar-refractivity contribution in [2.24, 2.45) is 0 Å². The van der Waals surface area contributed by atoms with E-state index in [-0.39, 0.29) is 30.1 Å². The maximum Gasteiger partial charge on any atom is 0.270 e. The average Bonchev–Trinajstić information content (AvgIpc) is 3.03. The lowest BCUT2D eigenvalue weighted by atomic mass is 9.92. The largest absolute Gasteiger partial charge is 0.497 e. The fourth-order valence-electron chi connectivity index (χ4n) is 5.29. The van der Waals surface area contributed by atoms with Crippen molar-refractivity contribution in [1.82, 2.24) is 15.2 Å². The zero-order valence-electron chi connectivity index (χ0n) is 23.6. The smallest absolute Gasteiger partial charge is 0.270 e. The first kappa shape index (κ1) is 28.3. The first-order valence-electron chi connectivity index (χ1n) is 14.2. The van der Waals surface area contributed by atoms with Gasteiger partial charge in [0.1, 0.15) is 34.8 Å². The van der Waals surface area contributed by atoms with Crippen molar-refractivity contribution in [3.05, 3.63) is 78.1 Å². The summed E-state index contributed by atoms with van der Waals surface area (Å²) in [5.74, 6) is 2.90. The van der Waals surface area contributed by atoms with Gasteiger partial charge in [-0.3, -0.25) is 14.6 Å². The van der Waals surface area contributed by atoms with E-state index in [1.165, 1.54) is 6.20 Å². The molecular formula is C32H37N3O6. The van der Waals surface area contributed by atoms with Crippen molar-refractivity contribution in [3.8, 4) is 23.0 Å². The summed E-state index contributed by atoms with van der Waals surface area (Å²) >= 11 is 0. The van der Waals surface area contributed by atoms with Gasteiger partial charge >= 0.3 is 0 Å². The first-order chi connectivity index (χ1) is 20.0. The molecule has 1 saturated carbocycles. The van der Waals surface area contributed by atoms with E-state index in [9.17, 15) is 9.59 Å². The molecule has 2 fully saturated rings. The van der Waals surface area contributed by atoms with Crippen molar-refractivity contribution >= 4 is 11.8 Å². The standard InChI is InChI=1S/C32H37N3O6/c1-38-24-8-12-27(13-9-24)40-26-6-4-23(5-7-26)34-31(36)30-16-3-22(21-33-30)32(37)35-19-17-29(18-20-35)41-28-14-10-25(39-2)11-15-28/h3,8-16,21,23,26,29H,4-7,17-20H2,1-2H3,(H,34,36). The van der Waals surface area contributed by atoms with Gasteiger partial charge in [0.15, 0.2) is 0 Å². The van der Waals surface area contributed by atoms with E-state index in [1.54, 1.807) is 26.4 Å². The number of nitrogens with one attached hydrogen (secondary N) is 1. The fraction of sp³-hybridized carbons (Fsp3) is 0.406. The van der Waals surface area contributed by atoms with Crippen LogP contribution in [0.4, 0.5) is 0 Å². The third-order valence-electron chi connectivity index (χ3n) is 7.71. The molecule has 1 aromatic heterocycles. The Balaban J connectivity index is 1.04. The normalized spacial score (nSPS) is 19.2. The maximum atomic E-state index is 13.0. The molecule has 2 aromatic carbocycles. The van der Waals surface area contributed by atoms with Gasteiger partial charge in [-0.25, -0.2) is 0 Å². The summed E-state index contributed by atoms with van der Waals surface area (Å²) in [5.41, 5.74) is 0.789. The minimum Gasteiger partial charge on any atom is -0.497 e. The number of amides is 2. The van der Waals surface area contributed by atoms with E-state index in [0.29, 0.717) is 24.3 Å². The summed E-state index contributed by atoms with van der Waals surface area (Å²) < 4.78 is 22.5. The fourth-order valence-corrected chi connectivity index (χ4v) is 5.29. The molecule has 9 nitrogen and oxygen atoms in total. The van der Waals surface area contributed by atoms with Crippen molar-refractivity contribution in [2.45, 2.75) is 56.8 Å². The third-order valence-corrected chi connectivity index (χ3v) is 7.71. The molecule has 2 amide bonds. The Bertz CT molecular complexity index is 1280. The number of pyridine rings is 1. The Morgan fingerprint density at radius 1 is 0.707 bits per heavy atom. The Labute approximate surface area is 240 Å². The number of carbonyl (C=O) groups is 2. The summed E-state index contributed by atoms with van der Waals surface area (Å²) in [7, 11) is 3.27. The average molecular weight is 560 g/mol. The van der Waals surface area contributed by atoms with Crippen LogP contribution in [0.25, 0.3) is 0 Å². The van der Waals surface area contributed by atoms with Gasteiger partial charge in [0.2, 0.25) is 0 Å². The molecule has 1 N–H and O–H groups in total. The van der Waals surface area contributed by atoms with Gasteiger partial charge in [0.05, 0.1) is 25.9 Å². The van der Waals surface area contributed by atoms with E-state index in [0.717, 1.165) is 61.5 Å². The quantitative estimate of drug-likeness (QED) is 0.398. The highest BCUT2D eigenvalue weighted by atomic mass is 16.5. The minimum atomic E-state index is -0.222. The van der Waals surface area contributed by atoms with Crippen LogP contribution in [0.2, 0.25) is 0 Å². The molecule has 5 rings (SSSR count). The Morgan fingerprint density at radius 2 is 1.22 bits per heavy atom. The molecule has 0 unspecified atom stereocenters. The summed E-state index contributed by atoms with van der Waals surface area (Å²) in [6.07, 6.45) is 6.57. The molecule has 0 spiro atoms. The number of rotatable bonds is 9. The molecule has 0 atom stereocenters. The number of methoxy groups -OCH3 is 2. The predicted molar refractivity (Wildman–Crippen MR) is 154 cm³/mol. The lowest BCUT2D eigenvalue weighted by molar-refractivity contribution is 0.0594. The van der Waals surface area contributed by atoms with Crippen LogP contribution in [0.15, 0.2) is 66.9 Å². The molecule has 2 aliphatic rings. The molecule has 0 bridgehead atoms. The van der Waals surface area contributed by atoms with Crippen LogP contribution >= 0.6 is 0 Å². The van der Waals surface area contributed by atoms with E-state index >= 15 is 0 Å². The third kappa shape index (κ3) is 7.48. The molecule has 0 radical (unpaired) electrons. The van der Waals surface area contributed by atoms with Crippen LogP contribution in [0.1, 0.15) is 59.4 Å².